The maximum absolute atomic E-state index is 5.85. The molecular weight excluding hydrogens is 252 g/mol. The van der Waals surface area contributed by atoms with E-state index in [9.17, 15) is 0 Å². The Bertz CT molecular complexity index is 486. The fraction of sp³-hybridized carbons (Fsp3) is 0.333. The van der Waals surface area contributed by atoms with Crippen molar-refractivity contribution in [3.63, 3.8) is 0 Å². The monoisotopic (exact) mass is 266 g/mol. The number of aromatic nitrogens is 1. The van der Waals surface area contributed by atoms with Gasteiger partial charge in [-0.1, -0.05) is 11.6 Å². The molecule has 15 heavy (non-hydrogen) atoms. The smallest absolute Gasteiger partial charge is 0.0864 e. The minimum Gasteiger partial charge on any atom is -0.349 e. The fourth-order valence-corrected chi connectivity index (χ4v) is 2.44. The summed E-state index contributed by atoms with van der Waals surface area (Å²) in [7, 11) is 0. The Morgan fingerprint density at radius 1 is 1.47 bits per heavy atom. The van der Waals surface area contributed by atoms with Crippen molar-refractivity contribution in [2.45, 2.75) is 26.3 Å². The molecule has 0 spiro atoms. The number of aryl methyl sites for hydroxylation is 1. The second kappa shape index (κ2) is 3.99. The third-order valence-electron chi connectivity index (χ3n) is 2.54. The maximum atomic E-state index is 5.85. The molecule has 1 aromatic heterocycles. The van der Waals surface area contributed by atoms with E-state index in [1.54, 1.807) is 0 Å². The molecule has 0 bridgehead atoms. The van der Waals surface area contributed by atoms with Crippen LogP contribution in [0.3, 0.4) is 0 Å². The van der Waals surface area contributed by atoms with Crippen molar-refractivity contribution < 1.29 is 0 Å². The lowest BCUT2D eigenvalue weighted by molar-refractivity contribution is 0.739. The first-order valence-corrected chi connectivity index (χ1v) is 5.89. The fourth-order valence-electron chi connectivity index (χ4n) is 1.85. The van der Waals surface area contributed by atoms with E-state index < -0.39 is 0 Å². The van der Waals surface area contributed by atoms with Gasteiger partial charge in [0.2, 0.25) is 0 Å². The van der Waals surface area contributed by atoms with Gasteiger partial charge < -0.3 is 10.7 Å². The average Bonchev–Trinajstić information content (AvgIpc) is 2.43. The minimum absolute atomic E-state index is 0.181. The molecule has 0 aliphatic carbocycles. The van der Waals surface area contributed by atoms with Crippen molar-refractivity contribution in [3.05, 3.63) is 33.9 Å². The Labute approximate surface area is 98.0 Å². The number of fused-ring (bicyclic) bond motifs is 1. The lowest BCUT2D eigenvalue weighted by atomic mass is 10.1. The standard InChI is InChI=1S/C12H15BrN2/c1-7-3-4-11-9(5-7)10(6-8(2)14)12(13)15-11/h3-5,8,15H,6,14H2,1-2H3. The highest BCUT2D eigenvalue weighted by Crippen LogP contribution is 2.28. The molecule has 1 unspecified atom stereocenters. The van der Waals surface area contributed by atoms with E-state index in [1.807, 2.05) is 6.92 Å². The Morgan fingerprint density at radius 3 is 2.87 bits per heavy atom. The van der Waals surface area contributed by atoms with Crippen LogP contribution >= 0.6 is 15.9 Å². The van der Waals surface area contributed by atoms with E-state index >= 15 is 0 Å². The SMILES string of the molecule is Cc1ccc2[nH]c(Br)c(CC(C)N)c2c1. The van der Waals surface area contributed by atoms with E-state index in [-0.39, 0.29) is 6.04 Å². The molecule has 0 radical (unpaired) electrons. The molecule has 2 nitrogen and oxygen atoms in total. The number of H-pyrrole nitrogens is 1. The van der Waals surface area contributed by atoms with Gasteiger partial charge in [0.05, 0.1) is 4.60 Å². The predicted molar refractivity (Wildman–Crippen MR) is 68.1 cm³/mol. The second-order valence-electron chi connectivity index (χ2n) is 4.15. The van der Waals surface area contributed by atoms with Crippen LogP contribution in [0, 0.1) is 6.92 Å². The highest BCUT2D eigenvalue weighted by molar-refractivity contribution is 9.10. The normalized spacial score (nSPS) is 13.3. The lowest BCUT2D eigenvalue weighted by Crippen LogP contribution is -2.17. The van der Waals surface area contributed by atoms with Crippen LogP contribution in [0.2, 0.25) is 0 Å². The molecule has 2 aromatic rings. The number of hydrogen-bond donors (Lipinski definition) is 2. The van der Waals surface area contributed by atoms with Gasteiger partial charge in [-0.3, -0.25) is 0 Å². The topological polar surface area (TPSA) is 41.8 Å². The quantitative estimate of drug-likeness (QED) is 0.862. The number of hydrogen-bond acceptors (Lipinski definition) is 1. The van der Waals surface area contributed by atoms with Gasteiger partial charge in [-0.05, 0) is 53.9 Å². The summed E-state index contributed by atoms with van der Waals surface area (Å²) in [5.41, 5.74) is 9.58. The first-order chi connectivity index (χ1) is 7.08. The zero-order chi connectivity index (χ0) is 11.0. The van der Waals surface area contributed by atoms with Crippen molar-refractivity contribution in [3.8, 4) is 0 Å². The Morgan fingerprint density at radius 2 is 2.20 bits per heavy atom. The number of rotatable bonds is 2. The van der Waals surface area contributed by atoms with Crippen LogP contribution in [0.4, 0.5) is 0 Å². The minimum atomic E-state index is 0.181. The first-order valence-electron chi connectivity index (χ1n) is 5.10. The van der Waals surface area contributed by atoms with Gasteiger partial charge in [0.1, 0.15) is 0 Å². The number of aromatic amines is 1. The van der Waals surface area contributed by atoms with Crippen molar-refractivity contribution in [1.29, 1.82) is 0 Å². The van der Waals surface area contributed by atoms with Crippen molar-refractivity contribution in [2.24, 2.45) is 5.73 Å². The van der Waals surface area contributed by atoms with Gasteiger partial charge in [-0.25, -0.2) is 0 Å². The largest absolute Gasteiger partial charge is 0.349 e. The molecule has 80 valence electrons. The third-order valence-corrected chi connectivity index (χ3v) is 3.21. The summed E-state index contributed by atoms with van der Waals surface area (Å²) >= 11 is 3.55. The maximum Gasteiger partial charge on any atom is 0.0864 e. The molecular formula is C12H15BrN2. The summed E-state index contributed by atoms with van der Waals surface area (Å²) in [6.45, 7) is 4.14. The van der Waals surface area contributed by atoms with Crippen molar-refractivity contribution in [1.82, 2.24) is 4.98 Å². The van der Waals surface area contributed by atoms with E-state index in [0.29, 0.717) is 0 Å². The summed E-state index contributed by atoms with van der Waals surface area (Å²) in [6, 6.07) is 6.61. The molecule has 1 heterocycles. The molecule has 0 saturated carbocycles. The second-order valence-corrected chi connectivity index (χ2v) is 4.94. The summed E-state index contributed by atoms with van der Waals surface area (Å²) in [6.07, 6.45) is 0.893. The number of nitrogens with two attached hydrogens (primary N) is 1. The van der Waals surface area contributed by atoms with Gasteiger partial charge in [0.25, 0.3) is 0 Å². The average molecular weight is 267 g/mol. The molecule has 0 aliphatic heterocycles. The molecule has 1 aromatic carbocycles. The van der Waals surface area contributed by atoms with Crippen LogP contribution < -0.4 is 5.73 Å². The van der Waals surface area contributed by atoms with Crippen LogP contribution in [0.25, 0.3) is 10.9 Å². The van der Waals surface area contributed by atoms with Gasteiger partial charge in [0.15, 0.2) is 0 Å². The third kappa shape index (κ3) is 2.08. The van der Waals surface area contributed by atoms with E-state index in [4.69, 9.17) is 5.73 Å². The predicted octanol–water partition coefficient (Wildman–Crippen LogP) is 3.13. The molecule has 3 heteroatoms. The highest BCUT2D eigenvalue weighted by Gasteiger charge is 2.10. The van der Waals surface area contributed by atoms with E-state index in [1.165, 1.54) is 22.0 Å². The Balaban J connectivity index is 2.60. The zero-order valence-electron chi connectivity index (χ0n) is 8.97. The van der Waals surface area contributed by atoms with Crippen LogP contribution in [-0.4, -0.2) is 11.0 Å². The van der Waals surface area contributed by atoms with Gasteiger partial charge in [-0.2, -0.15) is 0 Å². The lowest BCUT2D eigenvalue weighted by Gasteiger charge is -2.04. The molecule has 0 aliphatic rings. The summed E-state index contributed by atoms with van der Waals surface area (Å²) in [5.74, 6) is 0. The highest BCUT2D eigenvalue weighted by atomic mass is 79.9. The summed E-state index contributed by atoms with van der Waals surface area (Å²) in [4.78, 5) is 3.32. The van der Waals surface area contributed by atoms with Crippen LogP contribution in [0.15, 0.2) is 22.8 Å². The van der Waals surface area contributed by atoms with Crippen molar-refractivity contribution >= 4 is 26.8 Å². The number of nitrogens with one attached hydrogen (secondary N) is 1. The van der Waals surface area contributed by atoms with E-state index in [2.05, 4.69) is 46.0 Å². The van der Waals surface area contributed by atoms with Crippen LogP contribution in [0.5, 0.6) is 0 Å². The molecule has 2 rings (SSSR count). The van der Waals surface area contributed by atoms with Crippen LogP contribution in [0.1, 0.15) is 18.1 Å². The van der Waals surface area contributed by atoms with E-state index in [0.717, 1.165) is 11.0 Å². The number of benzene rings is 1. The Hall–Kier alpha value is -0.800. The van der Waals surface area contributed by atoms with Crippen LogP contribution in [-0.2, 0) is 6.42 Å². The summed E-state index contributed by atoms with van der Waals surface area (Å²) in [5, 5.41) is 1.28. The zero-order valence-corrected chi connectivity index (χ0v) is 10.6. The van der Waals surface area contributed by atoms with Gasteiger partial charge in [0, 0.05) is 16.9 Å². The van der Waals surface area contributed by atoms with Crippen molar-refractivity contribution in [2.75, 3.05) is 0 Å². The molecule has 0 saturated heterocycles. The van der Waals surface area contributed by atoms with Gasteiger partial charge >= 0.3 is 0 Å². The molecule has 3 N–H and O–H groups in total. The molecule has 0 amide bonds. The Kier molecular flexibility index (Phi) is 2.85. The first kappa shape index (κ1) is 10.7. The summed E-state index contributed by atoms with van der Waals surface area (Å²) < 4.78 is 1.06. The number of halogens is 1. The van der Waals surface area contributed by atoms with Gasteiger partial charge in [-0.15, -0.1) is 0 Å². The molecule has 1 atom stereocenters. The molecule has 0 fully saturated rings.